The Morgan fingerprint density at radius 1 is 0.861 bits per heavy atom. The molecule has 1 saturated heterocycles. The molecule has 1 aliphatic rings. The predicted molar refractivity (Wildman–Crippen MR) is 143 cm³/mol. The summed E-state index contributed by atoms with van der Waals surface area (Å²) in [4.78, 5) is 20.5. The number of carbonyl (C=O) groups is 1. The minimum Gasteiger partial charge on any atom is -0.497 e. The molecule has 1 amide bonds. The Hall–Kier alpha value is -3.56. The molecule has 186 valence electrons. The largest absolute Gasteiger partial charge is 0.497 e. The number of aliphatic imine (C=N–C) groups is 1. The minimum atomic E-state index is -3.29. The zero-order valence-electron chi connectivity index (χ0n) is 20.2. The number of hydrogen-bond donors (Lipinski definition) is 0. The Bertz CT molecular complexity index is 1400. The van der Waals surface area contributed by atoms with E-state index in [1.54, 1.807) is 49.5 Å². The summed E-state index contributed by atoms with van der Waals surface area (Å²) < 4.78 is 34.0. The Balaban J connectivity index is 1.61. The van der Waals surface area contributed by atoms with E-state index < -0.39 is 9.84 Å². The highest BCUT2D eigenvalue weighted by atomic mass is 32.2. The van der Waals surface area contributed by atoms with Gasteiger partial charge in [-0.2, -0.15) is 0 Å². The molecule has 1 heterocycles. The lowest BCUT2D eigenvalue weighted by Crippen LogP contribution is -2.28. The Kier molecular flexibility index (Phi) is 7.81. The van der Waals surface area contributed by atoms with Crippen molar-refractivity contribution in [2.45, 2.75) is 18.0 Å². The van der Waals surface area contributed by atoms with Crippen molar-refractivity contribution in [3.05, 3.63) is 94.4 Å². The van der Waals surface area contributed by atoms with Gasteiger partial charge in [0.1, 0.15) is 11.5 Å². The minimum absolute atomic E-state index is 0.156. The maximum Gasteiger partial charge on any atom is 0.267 e. The number of methoxy groups -OCH3 is 2. The van der Waals surface area contributed by atoms with Gasteiger partial charge in [-0.1, -0.05) is 36.4 Å². The maximum atomic E-state index is 13.4. The molecule has 4 rings (SSSR count). The third-order valence-corrected chi connectivity index (χ3v) is 7.72. The van der Waals surface area contributed by atoms with Crippen LogP contribution in [0.4, 0.5) is 0 Å². The summed E-state index contributed by atoms with van der Waals surface area (Å²) in [5.41, 5.74) is 2.68. The van der Waals surface area contributed by atoms with E-state index in [0.717, 1.165) is 28.2 Å². The fourth-order valence-electron chi connectivity index (χ4n) is 3.53. The lowest BCUT2D eigenvalue weighted by Gasteiger charge is -2.16. The van der Waals surface area contributed by atoms with Crippen LogP contribution < -0.4 is 9.47 Å². The van der Waals surface area contributed by atoms with Gasteiger partial charge in [-0.3, -0.25) is 14.7 Å². The van der Waals surface area contributed by atoms with Crippen molar-refractivity contribution in [3.8, 4) is 11.5 Å². The molecule has 7 nitrogen and oxygen atoms in total. The molecular weight excluding hydrogens is 496 g/mol. The standard InChI is InChI=1S/C27H26N2O5S2/c1-33-22-10-4-20(5-11-22)17-28-27-29(18-21-6-12-23(34-2)13-7-21)26(30)25(35-27)16-19-8-14-24(15-9-19)36(3,31)32/h4-16H,17-18H2,1-3H3/b25-16-,28-27?. The molecule has 0 atom stereocenters. The molecule has 0 N–H and O–H groups in total. The quantitative estimate of drug-likeness (QED) is 0.396. The fraction of sp³-hybridized carbons (Fsp3) is 0.185. The van der Waals surface area contributed by atoms with Crippen molar-refractivity contribution < 1.29 is 22.7 Å². The van der Waals surface area contributed by atoms with Crippen LogP contribution in [0, 0.1) is 0 Å². The van der Waals surface area contributed by atoms with E-state index in [2.05, 4.69) is 0 Å². The third kappa shape index (κ3) is 6.16. The van der Waals surface area contributed by atoms with Crippen LogP contribution in [0.25, 0.3) is 6.08 Å². The number of thioether (sulfide) groups is 1. The van der Waals surface area contributed by atoms with E-state index in [1.807, 2.05) is 48.5 Å². The summed E-state index contributed by atoms with van der Waals surface area (Å²) in [5, 5.41) is 0.602. The van der Waals surface area contributed by atoms with E-state index in [1.165, 1.54) is 18.0 Å². The SMILES string of the molecule is COc1ccc(CN=C2S/C(=C\c3ccc(S(C)(=O)=O)cc3)C(=O)N2Cc2ccc(OC)cc2)cc1. The number of carbonyl (C=O) groups excluding carboxylic acids is 1. The second kappa shape index (κ2) is 11.0. The first-order valence-corrected chi connectivity index (χ1v) is 13.8. The second-order valence-electron chi connectivity index (χ2n) is 8.14. The summed E-state index contributed by atoms with van der Waals surface area (Å²) in [5.74, 6) is 1.36. The van der Waals surface area contributed by atoms with Gasteiger partial charge in [0.05, 0.1) is 37.1 Å². The summed E-state index contributed by atoms with van der Waals surface area (Å²) in [6.07, 6.45) is 2.93. The van der Waals surface area contributed by atoms with Gasteiger partial charge >= 0.3 is 0 Å². The topological polar surface area (TPSA) is 85.3 Å². The van der Waals surface area contributed by atoms with Crippen LogP contribution in [-0.2, 0) is 27.7 Å². The van der Waals surface area contributed by atoms with Crippen molar-refractivity contribution >= 4 is 38.7 Å². The number of rotatable bonds is 8. The molecule has 1 fully saturated rings. The zero-order chi connectivity index (χ0) is 25.7. The average Bonchev–Trinajstić information content (AvgIpc) is 3.17. The third-order valence-electron chi connectivity index (χ3n) is 5.55. The smallest absolute Gasteiger partial charge is 0.267 e. The Labute approximate surface area is 215 Å². The number of benzene rings is 3. The van der Waals surface area contributed by atoms with E-state index >= 15 is 0 Å². The first kappa shape index (κ1) is 25.5. The summed E-state index contributed by atoms with van der Waals surface area (Å²) in [6.45, 7) is 0.774. The lowest BCUT2D eigenvalue weighted by atomic mass is 10.2. The van der Waals surface area contributed by atoms with Crippen LogP contribution in [0.15, 0.2) is 87.6 Å². The van der Waals surface area contributed by atoms with Crippen LogP contribution in [0.3, 0.4) is 0 Å². The summed E-state index contributed by atoms with van der Waals surface area (Å²) >= 11 is 1.31. The van der Waals surface area contributed by atoms with Crippen molar-refractivity contribution in [2.75, 3.05) is 20.5 Å². The molecular formula is C27H26N2O5S2. The molecule has 0 aliphatic carbocycles. The van der Waals surface area contributed by atoms with Crippen LogP contribution in [0.5, 0.6) is 11.5 Å². The molecule has 0 radical (unpaired) electrons. The Morgan fingerprint density at radius 3 is 1.94 bits per heavy atom. The first-order valence-electron chi connectivity index (χ1n) is 11.1. The first-order chi connectivity index (χ1) is 17.3. The zero-order valence-corrected chi connectivity index (χ0v) is 21.8. The van der Waals surface area contributed by atoms with E-state index in [9.17, 15) is 13.2 Å². The van der Waals surface area contributed by atoms with Crippen molar-refractivity contribution in [2.24, 2.45) is 4.99 Å². The normalized spacial score (nSPS) is 16.1. The summed E-state index contributed by atoms with van der Waals surface area (Å²) in [6, 6.07) is 21.7. The van der Waals surface area contributed by atoms with Crippen molar-refractivity contribution in [1.82, 2.24) is 4.90 Å². The molecule has 36 heavy (non-hydrogen) atoms. The summed E-state index contributed by atoms with van der Waals surface area (Å²) in [7, 11) is -0.0591. The van der Waals surface area contributed by atoms with Gasteiger partial charge in [0.2, 0.25) is 0 Å². The molecule has 9 heteroatoms. The fourth-order valence-corrected chi connectivity index (χ4v) is 5.14. The van der Waals surface area contributed by atoms with Crippen molar-refractivity contribution in [3.63, 3.8) is 0 Å². The Morgan fingerprint density at radius 2 is 1.42 bits per heavy atom. The van der Waals surface area contributed by atoms with Gasteiger partial charge in [-0.15, -0.1) is 0 Å². The molecule has 0 spiro atoms. The van der Waals surface area contributed by atoms with E-state index in [-0.39, 0.29) is 10.8 Å². The number of sulfone groups is 1. The number of amides is 1. The average molecular weight is 523 g/mol. The highest BCUT2D eigenvalue weighted by molar-refractivity contribution is 8.18. The number of nitrogens with zero attached hydrogens (tertiary/aromatic N) is 2. The van der Waals surface area contributed by atoms with E-state index in [0.29, 0.717) is 23.2 Å². The number of amidine groups is 1. The van der Waals surface area contributed by atoms with Crippen LogP contribution >= 0.6 is 11.8 Å². The molecule has 3 aromatic rings. The van der Waals surface area contributed by atoms with E-state index in [4.69, 9.17) is 14.5 Å². The highest BCUT2D eigenvalue weighted by Crippen LogP contribution is 2.34. The van der Waals surface area contributed by atoms with Crippen LogP contribution in [-0.4, -0.2) is 44.9 Å². The van der Waals surface area contributed by atoms with Gasteiger partial charge in [0.15, 0.2) is 15.0 Å². The highest BCUT2D eigenvalue weighted by Gasteiger charge is 2.33. The van der Waals surface area contributed by atoms with Gasteiger partial charge in [0.25, 0.3) is 5.91 Å². The number of ether oxygens (including phenoxy) is 2. The van der Waals surface area contributed by atoms with Crippen LogP contribution in [0.1, 0.15) is 16.7 Å². The molecule has 0 bridgehead atoms. The monoisotopic (exact) mass is 522 g/mol. The van der Waals surface area contributed by atoms with Gasteiger partial charge in [-0.05, 0) is 70.9 Å². The molecule has 0 saturated carbocycles. The maximum absolute atomic E-state index is 13.4. The van der Waals surface area contributed by atoms with Crippen molar-refractivity contribution in [1.29, 1.82) is 0 Å². The predicted octanol–water partition coefficient (Wildman–Crippen LogP) is 4.78. The van der Waals surface area contributed by atoms with Gasteiger partial charge < -0.3 is 9.47 Å². The van der Waals surface area contributed by atoms with Crippen LogP contribution in [0.2, 0.25) is 0 Å². The second-order valence-corrected chi connectivity index (χ2v) is 11.2. The van der Waals surface area contributed by atoms with Gasteiger partial charge in [0, 0.05) is 6.26 Å². The van der Waals surface area contributed by atoms with Gasteiger partial charge in [-0.25, -0.2) is 8.42 Å². The lowest BCUT2D eigenvalue weighted by molar-refractivity contribution is -0.122. The molecule has 0 unspecified atom stereocenters. The number of hydrogen-bond acceptors (Lipinski definition) is 7. The molecule has 3 aromatic carbocycles. The molecule has 1 aliphatic heterocycles. The molecule has 0 aromatic heterocycles.